The van der Waals surface area contributed by atoms with Crippen LogP contribution in [0.5, 0.6) is 0 Å². The predicted molar refractivity (Wildman–Crippen MR) is 58.4 cm³/mol. The van der Waals surface area contributed by atoms with Crippen molar-refractivity contribution in [3.05, 3.63) is 24.0 Å². The van der Waals surface area contributed by atoms with Gasteiger partial charge in [0.25, 0.3) is 0 Å². The molecule has 6 nitrogen and oxygen atoms in total. The third-order valence-electron chi connectivity index (χ3n) is 2.10. The van der Waals surface area contributed by atoms with Crippen molar-refractivity contribution in [2.75, 3.05) is 0 Å². The Labute approximate surface area is 96.7 Å². The molecule has 0 N–H and O–H groups in total. The van der Waals surface area contributed by atoms with Gasteiger partial charge in [0.15, 0.2) is 5.78 Å². The lowest BCUT2D eigenvalue weighted by molar-refractivity contribution is 0.0985. The second kappa shape index (κ2) is 4.48. The highest BCUT2D eigenvalue weighted by molar-refractivity contribution is 6.99. The van der Waals surface area contributed by atoms with E-state index in [1.54, 1.807) is 4.68 Å². The molecule has 0 aliphatic rings. The Bertz CT molecular complexity index is 476. The van der Waals surface area contributed by atoms with E-state index in [0.717, 1.165) is 11.7 Å². The quantitative estimate of drug-likeness (QED) is 0.745. The molecule has 0 unspecified atom stereocenters. The lowest BCUT2D eigenvalue weighted by Crippen LogP contribution is -2.13. The van der Waals surface area contributed by atoms with Crippen LogP contribution in [-0.4, -0.2) is 29.3 Å². The molecule has 0 fully saturated rings. The van der Waals surface area contributed by atoms with Crippen LogP contribution in [-0.2, 0) is 6.42 Å². The molecule has 0 atom stereocenters. The zero-order valence-corrected chi connectivity index (χ0v) is 9.81. The minimum atomic E-state index is -0.0800. The fraction of sp³-hybridized carbons (Fsp3) is 0.444. The number of carbonyl (C=O) groups is 1. The van der Waals surface area contributed by atoms with Gasteiger partial charge in [-0.1, -0.05) is 0 Å². The van der Waals surface area contributed by atoms with Crippen molar-refractivity contribution in [1.29, 1.82) is 0 Å². The van der Waals surface area contributed by atoms with Crippen molar-refractivity contribution in [2.24, 2.45) is 0 Å². The molecule has 7 heteroatoms. The molecule has 0 saturated carbocycles. The SMILES string of the molecule is CC(C)n1ncnc1CC(=O)c1cnsn1. The van der Waals surface area contributed by atoms with E-state index in [2.05, 4.69) is 18.8 Å². The van der Waals surface area contributed by atoms with Crippen LogP contribution in [0.2, 0.25) is 0 Å². The van der Waals surface area contributed by atoms with Crippen LogP contribution in [0.3, 0.4) is 0 Å². The highest BCUT2D eigenvalue weighted by Crippen LogP contribution is 2.08. The second-order valence-corrected chi connectivity index (χ2v) is 4.16. The Balaban J connectivity index is 2.15. The Hall–Kier alpha value is -1.63. The average molecular weight is 237 g/mol. The fourth-order valence-corrected chi connectivity index (χ4v) is 1.78. The van der Waals surface area contributed by atoms with E-state index < -0.39 is 0 Å². The lowest BCUT2D eigenvalue weighted by Gasteiger charge is -2.07. The number of ketones is 1. The van der Waals surface area contributed by atoms with E-state index in [9.17, 15) is 4.79 Å². The van der Waals surface area contributed by atoms with Gasteiger partial charge in [0.05, 0.1) is 24.3 Å². The van der Waals surface area contributed by atoms with Crippen LogP contribution in [0.15, 0.2) is 12.5 Å². The number of carbonyl (C=O) groups excluding carboxylic acids is 1. The number of Topliss-reactive ketones (excluding diaryl/α,β-unsaturated/α-hetero) is 1. The summed E-state index contributed by atoms with van der Waals surface area (Å²) in [5, 5.41) is 4.07. The number of rotatable bonds is 4. The van der Waals surface area contributed by atoms with Gasteiger partial charge in [0, 0.05) is 6.04 Å². The Morgan fingerprint density at radius 2 is 2.38 bits per heavy atom. The molecule has 16 heavy (non-hydrogen) atoms. The van der Waals surface area contributed by atoms with Crippen LogP contribution >= 0.6 is 11.7 Å². The molecule has 0 saturated heterocycles. The zero-order chi connectivity index (χ0) is 11.5. The van der Waals surface area contributed by atoms with Crippen LogP contribution in [0, 0.1) is 0 Å². The number of nitrogens with zero attached hydrogens (tertiary/aromatic N) is 5. The first-order chi connectivity index (χ1) is 7.68. The number of hydrogen-bond acceptors (Lipinski definition) is 6. The first kappa shape index (κ1) is 10.9. The fourth-order valence-electron chi connectivity index (χ4n) is 1.35. The summed E-state index contributed by atoms with van der Waals surface area (Å²) in [5.74, 6) is 0.580. The summed E-state index contributed by atoms with van der Waals surface area (Å²) in [5.41, 5.74) is 0.392. The second-order valence-electron chi connectivity index (χ2n) is 3.61. The number of hydrogen-bond donors (Lipinski definition) is 0. The van der Waals surface area contributed by atoms with Crippen LogP contribution < -0.4 is 0 Å². The van der Waals surface area contributed by atoms with Gasteiger partial charge in [-0.25, -0.2) is 9.67 Å². The standard InChI is InChI=1S/C9H11N5OS/c1-6(2)14-9(10-5-11-14)3-8(15)7-4-12-16-13-7/h4-6H,3H2,1-2H3. The van der Waals surface area contributed by atoms with Gasteiger partial charge in [-0.2, -0.15) is 13.8 Å². The topological polar surface area (TPSA) is 73.6 Å². The van der Waals surface area contributed by atoms with Gasteiger partial charge in [-0.05, 0) is 13.8 Å². The maximum absolute atomic E-state index is 11.8. The summed E-state index contributed by atoms with van der Waals surface area (Å²) >= 11 is 1.03. The normalized spacial score (nSPS) is 10.9. The molecule has 2 heterocycles. The van der Waals surface area contributed by atoms with Crippen LogP contribution in [0.4, 0.5) is 0 Å². The van der Waals surface area contributed by atoms with Crippen molar-refractivity contribution in [2.45, 2.75) is 26.3 Å². The first-order valence-electron chi connectivity index (χ1n) is 4.87. The molecule has 0 aliphatic carbocycles. The van der Waals surface area contributed by atoms with Crippen molar-refractivity contribution in [1.82, 2.24) is 23.5 Å². The van der Waals surface area contributed by atoms with Crippen molar-refractivity contribution >= 4 is 17.5 Å². The van der Waals surface area contributed by atoms with Gasteiger partial charge in [0.1, 0.15) is 17.8 Å². The first-order valence-corrected chi connectivity index (χ1v) is 5.60. The summed E-state index contributed by atoms with van der Waals surface area (Å²) in [6.45, 7) is 3.99. The minimum Gasteiger partial charge on any atom is -0.292 e. The molecular formula is C9H11N5OS. The molecule has 0 bridgehead atoms. The van der Waals surface area contributed by atoms with Crippen LogP contribution in [0.25, 0.3) is 0 Å². The van der Waals surface area contributed by atoms with Gasteiger partial charge in [-0.3, -0.25) is 4.79 Å². The Kier molecular flexibility index (Phi) is 3.04. The summed E-state index contributed by atoms with van der Waals surface area (Å²) in [4.78, 5) is 15.8. The third kappa shape index (κ3) is 2.13. The maximum atomic E-state index is 11.8. The van der Waals surface area contributed by atoms with E-state index in [4.69, 9.17) is 0 Å². The molecule has 0 aliphatic heterocycles. The van der Waals surface area contributed by atoms with Gasteiger partial charge >= 0.3 is 0 Å². The van der Waals surface area contributed by atoms with Crippen molar-refractivity contribution in [3.63, 3.8) is 0 Å². The Morgan fingerprint density at radius 3 is 3.00 bits per heavy atom. The highest BCUT2D eigenvalue weighted by atomic mass is 32.1. The van der Waals surface area contributed by atoms with Gasteiger partial charge < -0.3 is 0 Å². The summed E-state index contributed by atoms with van der Waals surface area (Å²) in [7, 11) is 0. The van der Waals surface area contributed by atoms with Crippen molar-refractivity contribution < 1.29 is 4.79 Å². The van der Waals surface area contributed by atoms with Gasteiger partial charge in [-0.15, -0.1) is 0 Å². The molecule has 84 valence electrons. The summed E-state index contributed by atoms with van der Waals surface area (Å²) in [6.07, 6.45) is 3.15. The number of aromatic nitrogens is 5. The largest absolute Gasteiger partial charge is 0.292 e. The monoisotopic (exact) mass is 237 g/mol. The van der Waals surface area contributed by atoms with Crippen LogP contribution in [0.1, 0.15) is 36.2 Å². The smallest absolute Gasteiger partial charge is 0.191 e. The highest BCUT2D eigenvalue weighted by Gasteiger charge is 2.15. The molecule has 0 aromatic carbocycles. The van der Waals surface area contributed by atoms with E-state index in [1.165, 1.54) is 12.5 Å². The third-order valence-corrected chi connectivity index (χ3v) is 2.58. The van der Waals surface area contributed by atoms with E-state index >= 15 is 0 Å². The van der Waals surface area contributed by atoms with E-state index in [1.807, 2.05) is 13.8 Å². The molecule has 0 amide bonds. The van der Waals surface area contributed by atoms with Crippen molar-refractivity contribution in [3.8, 4) is 0 Å². The summed E-state index contributed by atoms with van der Waals surface area (Å²) < 4.78 is 9.43. The maximum Gasteiger partial charge on any atom is 0.191 e. The summed E-state index contributed by atoms with van der Waals surface area (Å²) in [6, 6.07) is 0.193. The zero-order valence-electron chi connectivity index (χ0n) is 8.99. The van der Waals surface area contributed by atoms with Gasteiger partial charge in [0.2, 0.25) is 0 Å². The minimum absolute atomic E-state index is 0.0800. The molecule has 2 aromatic rings. The molecule has 0 spiro atoms. The van der Waals surface area contributed by atoms with E-state index in [-0.39, 0.29) is 18.2 Å². The molecular weight excluding hydrogens is 226 g/mol. The Morgan fingerprint density at radius 1 is 1.56 bits per heavy atom. The lowest BCUT2D eigenvalue weighted by atomic mass is 10.2. The molecule has 0 radical (unpaired) electrons. The molecule has 2 aromatic heterocycles. The van der Waals surface area contributed by atoms with E-state index in [0.29, 0.717) is 11.5 Å². The predicted octanol–water partition coefficient (Wildman–Crippen LogP) is 1.14. The molecule has 2 rings (SSSR count). The average Bonchev–Trinajstić information content (AvgIpc) is 2.86.